The monoisotopic (exact) mass is 423 g/mol. The van der Waals surface area contributed by atoms with Crippen molar-refractivity contribution in [3.05, 3.63) is 57.5 Å². The lowest BCUT2D eigenvalue weighted by atomic mass is 9.95. The molecule has 3 rings (SSSR count). The smallest absolute Gasteiger partial charge is 0.274 e. The number of aromatic nitrogens is 3. The number of nitrogens with zero attached hydrogens (tertiary/aromatic N) is 4. The van der Waals surface area contributed by atoms with Crippen LogP contribution in [0.4, 0.5) is 11.4 Å². The second-order valence-corrected chi connectivity index (χ2v) is 8.77. The molecule has 8 nitrogen and oxygen atoms in total. The number of unbranched alkanes of at least 4 members (excludes halogenated alkanes) is 1. The Hall–Kier alpha value is -3.29. The van der Waals surface area contributed by atoms with Crippen molar-refractivity contribution in [2.45, 2.75) is 60.4 Å². The number of hydrogen-bond donors (Lipinski definition) is 1. The number of para-hydroxylation sites is 1. The molecule has 3 aromatic rings. The number of carbonyl (C=O) groups is 1. The fraction of sp³-hybridized carbons (Fsp3) is 0.435. The summed E-state index contributed by atoms with van der Waals surface area (Å²) >= 11 is 0. The molecule has 8 heteroatoms. The van der Waals surface area contributed by atoms with Crippen molar-refractivity contribution in [3.8, 4) is 0 Å². The highest BCUT2D eigenvalue weighted by Gasteiger charge is 2.23. The van der Waals surface area contributed by atoms with Gasteiger partial charge in [0.2, 0.25) is 5.91 Å². The average Bonchev–Trinajstić information content (AvgIpc) is 3.02. The zero-order chi connectivity index (χ0) is 22.8. The van der Waals surface area contributed by atoms with Crippen LogP contribution in [-0.4, -0.2) is 25.4 Å². The summed E-state index contributed by atoms with van der Waals surface area (Å²) in [5.74, 6) is 0.739. The molecule has 0 atom stereocenters. The number of amides is 1. The van der Waals surface area contributed by atoms with Crippen LogP contribution >= 0.6 is 0 Å². The van der Waals surface area contributed by atoms with Crippen molar-refractivity contribution in [3.63, 3.8) is 0 Å². The Morgan fingerprint density at radius 1 is 1.23 bits per heavy atom. The van der Waals surface area contributed by atoms with Gasteiger partial charge in [-0.05, 0) is 19.4 Å². The minimum absolute atomic E-state index is 0.0802. The number of rotatable bonds is 7. The predicted molar refractivity (Wildman–Crippen MR) is 121 cm³/mol. The number of nitro benzene ring substituents is 1. The lowest BCUT2D eigenvalue weighted by Crippen LogP contribution is -2.28. The summed E-state index contributed by atoms with van der Waals surface area (Å²) in [5.41, 5.74) is 2.79. The van der Waals surface area contributed by atoms with Crippen LogP contribution < -0.4 is 5.32 Å². The number of hydrogen-bond acceptors (Lipinski definition) is 5. The van der Waals surface area contributed by atoms with E-state index in [1.54, 1.807) is 18.2 Å². The molecule has 1 aromatic carbocycles. The number of fused-ring (bicyclic) bond motifs is 1. The van der Waals surface area contributed by atoms with Gasteiger partial charge in [-0.3, -0.25) is 14.9 Å². The Labute approximate surface area is 181 Å². The largest absolute Gasteiger partial charge is 0.324 e. The van der Waals surface area contributed by atoms with Gasteiger partial charge >= 0.3 is 0 Å². The van der Waals surface area contributed by atoms with Crippen LogP contribution in [0.3, 0.4) is 0 Å². The molecule has 0 spiro atoms. The number of imidazole rings is 1. The van der Waals surface area contributed by atoms with E-state index >= 15 is 0 Å². The normalized spacial score (nSPS) is 11.6. The van der Waals surface area contributed by atoms with Crippen LogP contribution in [0.25, 0.3) is 11.2 Å². The summed E-state index contributed by atoms with van der Waals surface area (Å²) in [7, 11) is 0. The van der Waals surface area contributed by atoms with Crippen LogP contribution in [0.1, 0.15) is 57.6 Å². The third-order valence-corrected chi connectivity index (χ3v) is 5.19. The maximum absolute atomic E-state index is 12.4. The maximum atomic E-state index is 12.4. The van der Waals surface area contributed by atoms with Crippen molar-refractivity contribution in [1.82, 2.24) is 14.5 Å². The summed E-state index contributed by atoms with van der Waals surface area (Å²) in [5, 5.41) is 14.4. The molecule has 31 heavy (non-hydrogen) atoms. The van der Waals surface area contributed by atoms with Crippen molar-refractivity contribution < 1.29 is 9.72 Å². The molecule has 164 valence electrons. The maximum Gasteiger partial charge on any atom is 0.274 e. The molecule has 1 amide bonds. The molecule has 2 heterocycles. The van der Waals surface area contributed by atoms with Gasteiger partial charge in [-0.15, -0.1) is 0 Å². The van der Waals surface area contributed by atoms with Crippen molar-refractivity contribution in [2.24, 2.45) is 5.41 Å². The molecule has 0 aliphatic heterocycles. The predicted octanol–water partition coefficient (Wildman–Crippen LogP) is 5.02. The fourth-order valence-corrected chi connectivity index (χ4v) is 3.31. The van der Waals surface area contributed by atoms with Gasteiger partial charge in [-0.2, -0.15) is 0 Å². The molecule has 0 saturated heterocycles. The van der Waals surface area contributed by atoms with Crippen molar-refractivity contribution in [1.29, 1.82) is 0 Å². The molecule has 0 unspecified atom stereocenters. The summed E-state index contributed by atoms with van der Waals surface area (Å²) < 4.78 is 1.95. The standard InChI is InChI=1S/C23H29N5O3/c1-6-7-12-20-25-18-13-17(26-22(29)23(3,4)5)15(2)24-21(18)27(20)14-16-10-8-9-11-19(16)28(30)31/h8-11,13H,6-7,12,14H2,1-5H3,(H,26,29). The van der Waals surface area contributed by atoms with Gasteiger partial charge in [0.15, 0.2) is 5.65 Å². The number of aryl methyl sites for hydroxylation is 2. The lowest BCUT2D eigenvalue weighted by molar-refractivity contribution is -0.385. The lowest BCUT2D eigenvalue weighted by Gasteiger charge is -2.18. The van der Waals surface area contributed by atoms with E-state index in [9.17, 15) is 14.9 Å². The van der Waals surface area contributed by atoms with Gasteiger partial charge in [0.05, 0.1) is 22.8 Å². The minimum Gasteiger partial charge on any atom is -0.324 e. The Bertz CT molecular complexity index is 1130. The summed E-state index contributed by atoms with van der Waals surface area (Å²) in [6.07, 6.45) is 2.71. The van der Waals surface area contributed by atoms with Gasteiger partial charge in [0, 0.05) is 23.5 Å². The molecule has 0 saturated carbocycles. The quantitative estimate of drug-likeness (QED) is 0.424. The summed E-state index contributed by atoms with van der Waals surface area (Å²) in [6.45, 7) is 9.83. The number of carbonyl (C=O) groups excluding carboxylic acids is 1. The third kappa shape index (κ3) is 4.90. The molecular formula is C23H29N5O3. The van der Waals surface area contributed by atoms with Gasteiger partial charge in [-0.1, -0.05) is 52.3 Å². The minimum atomic E-state index is -0.528. The van der Waals surface area contributed by atoms with E-state index in [1.165, 1.54) is 6.07 Å². The number of benzene rings is 1. The van der Waals surface area contributed by atoms with E-state index in [-0.39, 0.29) is 16.5 Å². The first kappa shape index (κ1) is 22.4. The second-order valence-electron chi connectivity index (χ2n) is 8.77. The van der Waals surface area contributed by atoms with Crippen LogP contribution in [-0.2, 0) is 17.8 Å². The Kier molecular flexibility index (Phi) is 6.38. The Morgan fingerprint density at radius 2 is 1.94 bits per heavy atom. The van der Waals surface area contributed by atoms with Crippen LogP contribution in [0.5, 0.6) is 0 Å². The first-order valence-corrected chi connectivity index (χ1v) is 10.5. The van der Waals surface area contributed by atoms with Gasteiger partial charge < -0.3 is 9.88 Å². The first-order chi connectivity index (χ1) is 14.6. The zero-order valence-electron chi connectivity index (χ0n) is 18.7. The highest BCUT2D eigenvalue weighted by molar-refractivity contribution is 5.96. The van der Waals surface area contributed by atoms with Crippen LogP contribution in [0, 0.1) is 22.5 Å². The summed E-state index contributed by atoms with van der Waals surface area (Å²) in [6, 6.07) is 8.58. The molecule has 0 radical (unpaired) electrons. The van der Waals surface area contributed by atoms with Crippen LogP contribution in [0.2, 0.25) is 0 Å². The first-order valence-electron chi connectivity index (χ1n) is 10.5. The molecule has 0 bridgehead atoms. The SMILES string of the molecule is CCCCc1nc2cc(NC(=O)C(C)(C)C)c(C)nc2n1Cc1ccccc1[N+](=O)[O-]. The van der Waals surface area contributed by atoms with Crippen molar-refractivity contribution in [2.75, 3.05) is 5.32 Å². The Balaban J connectivity index is 2.08. The van der Waals surface area contributed by atoms with E-state index in [0.717, 1.165) is 25.1 Å². The van der Waals surface area contributed by atoms with E-state index in [0.29, 0.717) is 34.7 Å². The molecule has 0 fully saturated rings. The van der Waals surface area contributed by atoms with Crippen LogP contribution in [0.15, 0.2) is 30.3 Å². The number of nitro groups is 1. The fourth-order valence-electron chi connectivity index (χ4n) is 3.31. The third-order valence-electron chi connectivity index (χ3n) is 5.19. The van der Waals surface area contributed by atoms with Crippen molar-refractivity contribution >= 4 is 28.4 Å². The highest BCUT2D eigenvalue weighted by Crippen LogP contribution is 2.27. The topological polar surface area (TPSA) is 103 Å². The highest BCUT2D eigenvalue weighted by atomic mass is 16.6. The Morgan fingerprint density at radius 3 is 2.58 bits per heavy atom. The van der Waals surface area contributed by atoms with E-state index in [1.807, 2.05) is 38.3 Å². The second kappa shape index (κ2) is 8.83. The van der Waals surface area contributed by atoms with Gasteiger partial charge in [0.1, 0.15) is 11.3 Å². The number of pyridine rings is 1. The molecule has 1 N–H and O–H groups in total. The zero-order valence-corrected chi connectivity index (χ0v) is 18.7. The molecule has 2 aromatic heterocycles. The molecule has 0 aliphatic carbocycles. The number of nitrogens with one attached hydrogen (secondary N) is 1. The number of anilines is 1. The average molecular weight is 424 g/mol. The molecule has 0 aliphatic rings. The molecular weight excluding hydrogens is 394 g/mol. The van der Waals surface area contributed by atoms with E-state index in [4.69, 9.17) is 9.97 Å². The van der Waals surface area contributed by atoms with Gasteiger partial charge in [0.25, 0.3) is 5.69 Å². The van der Waals surface area contributed by atoms with Gasteiger partial charge in [-0.25, -0.2) is 9.97 Å². The van der Waals surface area contributed by atoms with E-state index < -0.39 is 5.41 Å². The summed E-state index contributed by atoms with van der Waals surface area (Å²) in [4.78, 5) is 33.1. The van der Waals surface area contributed by atoms with E-state index in [2.05, 4.69) is 12.2 Å².